The van der Waals surface area contributed by atoms with Gasteiger partial charge in [-0.25, -0.2) is 0 Å². The number of fused-ring (bicyclic) bond motifs is 7. The van der Waals surface area contributed by atoms with E-state index in [0.717, 1.165) is 31.3 Å². The molecule has 0 heterocycles. The van der Waals surface area contributed by atoms with Crippen molar-refractivity contribution in [2.75, 3.05) is 7.11 Å². The number of ether oxygens (including phenoxy) is 1. The van der Waals surface area contributed by atoms with Gasteiger partial charge in [-0.2, -0.15) is 0 Å². The van der Waals surface area contributed by atoms with Crippen molar-refractivity contribution < 1.29 is 14.3 Å². The predicted octanol–water partition coefficient (Wildman–Crippen LogP) is 7.55. The Labute approximate surface area is 213 Å². The summed E-state index contributed by atoms with van der Waals surface area (Å²) >= 11 is 0. The molecule has 3 nitrogen and oxygen atoms in total. The lowest BCUT2D eigenvalue weighted by Gasteiger charge is -2.70. The van der Waals surface area contributed by atoms with Crippen molar-refractivity contribution in [3.8, 4) is 0 Å². The minimum Gasteiger partial charge on any atom is -0.468 e. The second kappa shape index (κ2) is 7.57. The molecular weight excluding hydrogens is 432 g/mol. The predicted molar refractivity (Wildman–Crippen MR) is 141 cm³/mol. The molecule has 4 saturated carbocycles. The number of allylic oxidation sites excluding steroid dienone is 2. The summed E-state index contributed by atoms with van der Waals surface area (Å²) < 4.78 is 5.35. The molecule has 0 bridgehead atoms. The van der Waals surface area contributed by atoms with Gasteiger partial charge in [-0.3, -0.25) is 9.59 Å². The van der Waals surface area contributed by atoms with E-state index in [2.05, 4.69) is 54.2 Å². The fourth-order valence-electron chi connectivity index (χ4n) is 10.8. The molecule has 3 unspecified atom stereocenters. The Morgan fingerprint density at radius 2 is 1.69 bits per heavy atom. The van der Waals surface area contributed by atoms with Crippen LogP contribution in [0.1, 0.15) is 99.8 Å². The highest BCUT2D eigenvalue weighted by Crippen LogP contribution is 2.75. The SMILES string of the molecule is C=C1CC[C@@]2(C)C(CC[C@]3(C)C2C(=O)C=C2C4[C@@H](C)[C@H](C)CC[C@]4(C)CC[C@]23C)[C@@]1(C)C(=O)OC. The Morgan fingerprint density at radius 1 is 1.00 bits per heavy atom. The largest absolute Gasteiger partial charge is 0.468 e. The van der Waals surface area contributed by atoms with Gasteiger partial charge in [0.25, 0.3) is 0 Å². The van der Waals surface area contributed by atoms with Crippen LogP contribution in [0.3, 0.4) is 0 Å². The molecule has 3 heteroatoms. The zero-order valence-electron chi connectivity index (χ0n) is 23.6. The number of carbonyl (C=O) groups is 2. The number of hydrogen-bond acceptors (Lipinski definition) is 3. The van der Waals surface area contributed by atoms with Crippen molar-refractivity contribution in [2.45, 2.75) is 99.8 Å². The first kappa shape index (κ1) is 25.3. The summed E-state index contributed by atoms with van der Waals surface area (Å²) in [6.07, 6.45) is 10.8. The third kappa shape index (κ3) is 2.90. The van der Waals surface area contributed by atoms with Crippen molar-refractivity contribution in [3.05, 3.63) is 23.8 Å². The first-order chi connectivity index (χ1) is 16.2. The number of methoxy groups -OCH3 is 1. The van der Waals surface area contributed by atoms with Crippen LogP contribution in [0.4, 0.5) is 0 Å². The van der Waals surface area contributed by atoms with Gasteiger partial charge in [-0.05, 0) is 110 Å². The lowest BCUT2D eigenvalue weighted by molar-refractivity contribution is -0.190. The molecule has 0 aromatic carbocycles. The van der Waals surface area contributed by atoms with E-state index < -0.39 is 5.41 Å². The molecule has 35 heavy (non-hydrogen) atoms. The quantitative estimate of drug-likeness (QED) is 0.287. The number of carbonyl (C=O) groups excluding carboxylic acids is 2. The maximum atomic E-state index is 14.4. The van der Waals surface area contributed by atoms with E-state index in [0.29, 0.717) is 29.0 Å². The van der Waals surface area contributed by atoms with Crippen molar-refractivity contribution in [2.24, 2.45) is 56.7 Å². The van der Waals surface area contributed by atoms with E-state index in [-0.39, 0.29) is 34.1 Å². The van der Waals surface area contributed by atoms with Crippen LogP contribution in [0.2, 0.25) is 0 Å². The first-order valence-corrected chi connectivity index (χ1v) is 14.2. The minimum absolute atomic E-state index is 0.0329. The molecule has 0 aliphatic heterocycles. The zero-order chi connectivity index (χ0) is 25.8. The van der Waals surface area contributed by atoms with Crippen LogP contribution < -0.4 is 0 Å². The lowest BCUT2D eigenvalue weighted by atomic mass is 9.33. The van der Waals surface area contributed by atoms with Gasteiger partial charge in [0, 0.05) is 5.92 Å². The Morgan fingerprint density at radius 3 is 2.34 bits per heavy atom. The number of esters is 1. The standard InChI is InChI=1S/C32H48O3/c1-19-10-13-28(4)16-17-30(6)22(25(28)21(19)3)18-23(33)26-29(5)14-11-20(2)32(8,27(34)35-9)24(29)12-15-31(26,30)7/h18-19,21,24-26H,2,10-17H2,1,3-9H3/t19-,21+,24?,25?,26?,28-,29+,30-,31-,32+/m1/s1. The Hall–Kier alpha value is -1.38. The van der Waals surface area contributed by atoms with Gasteiger partial charge < -0.3 is 4.74 Å². The summed E-state index contributed by atoms with van der Waals surface area (Å²) in [6.45, 7) is 21.0. The summed E-state index contributed by atoms with van der Waals surface area (Å²) in [6, 6.07) is 0. The summed E-state index contributed by atoms with van der Waals surface area (Å²) in [7, 11) is 1.49. The molecule has 5 aliphatic rings. The molecule has 5 aliphatic carbocycles. The summed E-state index contributed by atoms with van der Waals surface area (Å²) in [4.78, 5) is 27.6. The zero-order valence-corrected chi connectivity index (χ0v) is 23.6. The molecule has 10 atom stereocenters. The Balaban J connectivity index is 1.65. The Kier molecular flexibility index (Phi) is 5.47. The van der Waals surface area contributed by atoms with Gasteiger partial charge in [0.05, 0.1) is 12.5 Å². The summed E-state index contributed by atoms with van der Waals surface area (Å²) in [5, 5.41) is 0. The fraction of sp³-hybridized carbons (Fsp3) is 0.812. The lowest BCUT2D eigenvalue weighted by Crippen LogP contribution is -2.66. The van der Waals surface area contributed by atoms with Crippen LogP contribution in [0.5, 0.6) is 0 Å². The summed E-state index contributed by atoms with van der Waals surface area (Å²) in [5.41, 5.74) is 1.78. The molecule has 0 saturated heterocycles. The second-order valence-electron chi connectivity index (χ2n) is 14.6. The van der Waals surface area contributed by atoms with Crippen LogP contribution in [-0.4, -0.2) is 18.9 Å². The molecule has 0 amide bonds. The van der Waals surface area contributed by atoms with E-state index in [9.17, 15) is 9.59 Å². The van der Waals surface area contributed by atoms with Gasteiger partial charge in [-0.1, -0.05) is 59.3 Å². The van der Waals surface area contributed by atoms with Crippen LogP contribution >= 0.6 is 0 Å². The van der Waals surface area contributed by atoms with Crippen LogP contribution in [0.15, 0.2) is 23.8 Å². The molecule has 5 rings (SSSR count). The number of rotatable bonds is 1. The fourth-order valence-corrected chi connectivity index (χ4v) is 10.8. The molecule has 194 valence electrons. The molecule has 4 fully saturated rings. The van der Waals surface area contributed by atoms with E-state index in [1.54, 1.807) is 0 Å². The molecule has 0 spiro atoms. The Bertz CT molecular complexity index is 998. The maximum Gasteiger partial charge on any atom is 0.315 e. The first-order valence-electron chi connectivity index (χ1n) is 14.2. The van der Waals surface area contributed by atoms with Crippen molar-refractivity contribution >= 4 is 11.8 Å². The second-order valence-corrected chi connectivity index (χ2v) is 14.6. The van der Waals surface area contributed by atoms with E-state index in [1.165, 1.54) is 38.4 Å². The third-order valence-electron chi connectivity index (χ3n) is 13.4. The topological polar surface area (TPSA) is 43.4 Å². The van der Waals surface area contributed by atoms with E-state index in [1.807, 2.05) is 6.92 Å². The van der Waals surface area contributed by atoms with Gasteiger partial charge in [0.15, 0.2) is 5.78 Å². The average molecular weight is 481 g/mol. The molecule has 0 aromatic rings. The highest BCUT2D eigenvalue weighted by Gasteiger charge is 2.71. The molecular formula is C32H48O3. The van der Waals surface area contributed by atoms with Crippen molar-refractivity contribution in [1.82, 2.24) is 0 Å². The highest BCUT2D eigenvalue weighted by molar-refractivity contribution is 5.96. The van der Waals surface area contributed by atoms with Gasteiger partial charge >= 0.3 is 5.97 Å². The van der Waals surface area contributed by atoms with Gasteiger partial charge in [-0.15, -0.1) is 0 Å². The average Bonchev–Trinajstić information content (AvgIpc) is 2.80. The third-order valence-corrected chi connectivity index (χ3v) is 13.4. The number of hydrogen-bond donors (Lipinski definition) is 0. The van der Waals surface area contributed by atoms with Crippen LogP contribution in [0.25, 0.3) is 0 Å². The highest BCUT2D eigenvalue weighted by atomic mass is 16.5. The number of ketones is 1. The van der Waals surface area contributed by atoms with E-state index in [4.69, 9.17) is 4.74 Å². The molecule has 0 N–H and O–H groups in total. The van der Waals surface area contributed by atoms with E-state index >= 15 is 0 Å². The normalized spacial score (nSPS) is 53.5. The smallest absolute Gasteiger partial charge is 0.315 e. The van der Waals surface area contributed by atoms with Crippen molar-refractivity contribution in [3.63, 3.8) is 0 Å². The van der Waals surface area contributed by atoms with Crippen molar-refractivity contribution in [1.29, 1.82) is 0 Å². The van der Waals surface area contributed by atoms with Gasteiger partial charge in [0.2, 0.25) is 0 Å². The monoisotopic (exact) mass is 480 g/mol. The molecule has 0 radical (unpaired) electrons. The summed E-state index contributed by atoms with van der Waals surface area (Å²) in [5.74, 6) is 2.01. The molecule has 0 aromatic heterocycles. The minimum atomic E-state index is -0.716. The van der Waals surface area contributed by atoms with Crippen LogP contribution in [0, 0.1) is 56.7 Å². The van der Waals surface area contributed by atoms with Gasteiger partial charge in [0.1, 0.15) is 0 Å². The maximum absolute atomic E-state index is 14.4. The van der Waals surface area contributed by atoms with Crippen LogP contribution in [-0.2, 0) is 14.3 Å².